The van der Waals surface area contributed by atoms with E-state index in [9.17, 15) is 14.4 Å². The molecule has 1 aromatic carbocycles. The highest BCUT2D eigenvalue weighted by Gasteiger charge is 2.48. The van der Waals surface area contributed by atoms with Crippen molar-refractivity contribution in [3.63, 3.8) is 0 Å². The number of carbonyl (C=O) groups excluding carboxylic acids is 3. The summed E-state index contributed by atoms with van der Waals surface area (Å²) in [7, 11) is 0. The van der Waals surface area contributed by atoms with Crippen LogP contribution in [0.25, 0.3) is 0 Å². The SMILES string of the molecule is C[C@H](NC(=O)OC(C)(C)C)[C@@H](C1CC1)N1C(=O)c2ccccc2C1=O. The number of rotatable bonds is 4. The van der Waals surface area contributed by atoms with E-state index >= 15 is 0 Å². The first kappa shape index (κ1) is 17.5. The van der Waals surface area contributed by atoms with Gasteiger partial charge in [0.1, 0.15) is 5.60 Å². The van der Waals surface area contributed by atoms with Gasteiger partial charge in [-0.1, -0.05) is 12.1 Å². The summed E-state index contributed by atoms with van der Waals surface area (Å²) in [5.74, 6) is -0.349. The lowest BCUT2D eigenvalue weighted by Crippen LogP contribution is -2.54. The minimum Gasteiger partial charge on any atom is -0.444 e. The van der Waals surface area contributed by atoms with Gasteiger partial charge in [-0.05, 0) is 58.6 Å². The van der Waals surface area contributed by atoms with Crippen LogP contribution in [0.3, 0.4) is 0 Å². The smallest absolute Gasteiger partial charge is 0.407 e. The zero-order valence-corrected chi connectivity index (χ0v) is 15.0. The van der Waals surface area contributed by atoms with Crippen molar-refractivity contribution in [2.45, 2.75) is 58.2 Å². The Kier molecular flexibility index (Phi) is 4.31. The van der Waals surface area contributed by atoms with Crippen LogP contribution in [0.4, 0.5) is 4.79 Å². The molecule has 6 heteroatoms. The van der Waals surface area contributed by atoms with Gasteiger partial charge in [-0.15, -0.1) is 0 Å². The molecule has 134 valence electrons. The van der Waals surface area contributed by atoms with Crippen LogP contribution in [-0.4, -0.2) is 40.5 Å². The van der Waals surface area contributed by atoms with Gasteiger partial charge in [0.15, 0.2) is 0 Å². The fraction of sp³-hybridized carbons (Fsp3) is 0.526. The summed E-state index contributed by atoms with van der Waals surface area (Å²) in [6, 6.07) is 6.10. The Morgan fingerprint density at radius 1 is 1.16 bits per heavy atom. The van der Waals surface area contributed by atoms with Crippen molar-refractivity contribution in [2.24, 2.45) is 5.92 Å². The molecule has 0 unspecified atom stereocenters. The molecular formula is C19H24N2O4. The van der Waals surface area contributed by atoms with E-state index < -0.39 is 11.7 Å². The summed E-state index contributed by atoms with van der Waals surface area (Å²) in [4.78, 5) is 38.9. The van der Waals surface area contributed by atoms with E-state index in [0.717, 1.165) is 12.8 Å². The van der Waals surface area contributed by atoms with Crippen molar-refractivity contribution < 1.29 is 19.1 Å². The van der Waals surface area contributed by atoms with Crippen LogP contribution in [-0.2, 0) is 4.74 Å². The normalized spacial score (nSPS) is 19.4. The second-order valence-corrected chi connectivity index (χ2v) is 7.79. The van der Waals surface area contributed by atoms with E-state index in [1.165, 1.54) is 4.90 Å². The van der Waals surface area contributed by atoms with Gasteiger partial charge in [0.25, 0.3) is 11.8 Å². The predicted molar refractivity (Wildman–Crippen MR) is 92.3 cm³/mol. The van der Waals surface area contributed by atoms with E-state index in [0.29, 0.717) is 11.1 Å². The van der Waals surface area contributed by atoms with Crippen LogP contribution < -0.4 is 5.32 Å². The van der Waals surface area contributed by atoms with Crippen molar-refractivity contribution in [3.05, 3.63) is 35.4 Å². The van der Waals surface area contributed by atoms with Gasteiger partial charge in [-0.3, -0.25) is 14.5 Å². The minimum atomic E-state index is -0.603. The quantitative estimate of drug-likeness (QED) is 0.852. The van der Waals surface area contributed by atoms with Gasteiger partial charge in [-0.2, -0.15) is 0 Å². The number of alkyl carbamates (subject to hydrolysis) is 1. The zero-order valence-electron chi connectivity index (χ0n) is 15.0. The average molecular weight is 344 g/mol. The topological polar surface area (TPSA) is 75.7 Å². The predicted octanol–water partition coefficient (Wildman–Crippen LogP) is 2.97. The van der Waals surface area contributed by atoms with Crippen molar-refractivity contribution in [3.8, 4) is 0 Å². The van der Waals surface area contributed by atoms with Crippen molar-refractivity contribution in [2.75, 3.05) is 0 Å². The van der Waals surface area contributed by atoms with Crippen molar-refractivity contribution in [1.82, 2.24) is 10.2 Å². The van der Waals surface area contributed by atoms with E-state index in [1.807, 2.05) is 6.92 Å². The summed E-state index contributed by atoms with van der Waals surface area (Å²) in [5, 5.41) is 2.80. The number of nitrogens with one attached hydrogen (secondary N) is 1. The van der Waals surface area contributed by atoms with Crippen LogP contribution in [0.2, 0.25) is 0 Å². The second kappa shape index (κ2) is 6.17. The zero-order chi connectivity index (χ0) is 18.4. The molecule has 0 saturated heterocycles. The first-order valence-electron chi connectivity index (χ1n) is 8.65. The van der Waals surface area contributed by atoms with Crippen LogP contribution in [0.1, 0.15) is 61.3 Å². The fourth-order valence-corrected chi connectivity index (χ4v) is 3.34. The van der Waals surface area contributed by atoms with Crippen LogP contribution in [0.15, 0.2) is 24.3 Å². The third-order valence-corrected chi connectivity index (χ3v) is 4.49. The lowest BCUT2D eigenvalue weighted by Gasteiger charge is -2.32. The third kappa shape index (κ3) is 3.52. The minimum absolute atomic E-state index is 0.215. The molecule has 2 aliphatic rings. The Hall–Kier alpha value is -2.37. The van der Waals surface area contributed by atoms with E-state index in [1.54, 1.807) is 45.0 Å². The van der Waals surface area contributed by atoms with E-state index in [2.05, 4.69) is 5.32 Å². The lowest BCUT2D eigenvalue weighted by atomic mass is 10.0. The summed E-state index contributed by atoms with van der Waals surface area (Å²) in [6.07, 6.45) is 1.35. The maximum atomic E-state index is 12.8. The van der Waals surface area contributed by atoms with Crippen molar-refractivity contribution >= 4 is 17.9 Å². The summed E-state index contributed by atoms with van der Waals surface area (Å²) >= 11 is 0. The molecule has 1 fully saturated rings. The molecular weight excluding hydrogens is 320 g/mol. The molecule has 0 aromatic heterocycles. The second-order valence-electron chi connectivity index (χ2n) is 7.79. The number of fused-ring (bicyclic) bond motifs is 1. The molecule has 3 amide bonds. The van der Waals surface area contributed by atoms with E-state index in [4.69, 9.17) is 4.74 Å². The molecule has 1 saturated carbocycles. The number of ether oxygens (including phenoxy) is 1. The molecule has 1 aromatic rings. The highest BCUT2D eigenvalue weighted by molar-refractivity contribution is 6.21. The fourth-order valence-electron chi connectivity index (χ4n) is 3.34. The molecule has 0 spiro atoms. The van der Waals surface area contributed by atoms with Gasteiger partial charge in [0.05, 0.1) is 23.2 Å². The average Bonchev–Trinajstić information content (AvgIpc) is 3.30. The largest absolute Gasteiger partial charge is 0.444 e. The number of imide groups is 1. The molecule has 6 nitrogen and oxygen atoms in total. The monoisotopic (exact) mass is 344 g/mol. The third-order valence-electron chi connectivity index (χ3n) is 4.49. The van der Waals surface area contributed by atoms with Crippen LogP contribution in [0, 0.1) is 5.92 Å². The van der Waals surface area contributed by atoms with Crippen LogP contribution >= 0.6 is 0 Å². The lowest BCUT2D eigenvalue weighted by molar-refractivity contribution is 0.0403. The van der Waals surface area contributed by atoms with Gasteiger partial charge in [-0.25, -0.2) is 4.79 Å². The Balaban J connectivity index is 1.80. The highest BCUT2D eigenvalue weighted by atomic mass is 16.6. The molecule has 3 rings (SSSR count). The molecule has 0 radical (unpaired) electrons. The number of benzene rings is 1. The molecule has 2 atom stereocenters. The first-order chi connectivity index (χ1) is 11.7. The number of hydrogen-bond donors (Lipinski definition) is 1. The highest BCUT2D eigenvalue weighted by Crippen LogP contribution is 2.40. The summed E-state index contributed by atoms with van der Waals surface area (Å²) < 4.78 is 5.30. The Morgan fingerprint density at radius 2 is 1.68 bits per heavy atom. The molecule has 1 heterocycles. The summed E-state index contributed by atoms with van der Waals surface area (Å²) in [6.45, 7) is 7.19. The van der Waals surface area contributed by atoms with Gasteiger partial charge in [0.2, 0.25) is 0 Å². The molecule has 1 N–H and O–H groups in total. The number of amides is 3. The molecule has 0 bridgehead atoms. The number of nitrogens with zero attached hydrogens (tertiary/aromatic N) is 1. The number of carbonyl (C=O) groups is 3. The van der Waals surface area contributed by atoms with Gasteiger partial charge in [0, 0.05) is 0 Å². The van der Waals surface area contributed by atoms with Crippen LogP contribution in [0.5, 0.6) is 0 Å². The Labute approximate surface area is 147 Å². The molecule has 25 heavy (non-hydrogen) atoms. The summed E-state index contributed by atoms with van der Waals surface area (Å²) in [5.41, 5.74) is 0.263. The number of hydrogen-bond acceptors (Lipinski definition) is 4. The Bertz CT molecular complexity index is 683. The molecule has 1 aliphatic heterocycles. The maximum absolute atomic E-state index is 12.8. The Morgan fingerprint density at radius 3 is 2.12 bits per heavy atom. The maximum Gasteiger partial charge on any atom is 0.407 e. The first-order valence-corrected chi connectivity index (χ1v) is 8.65. The standard InChI is InChI=1S/C19H24N2O4/c1-11(20-18(24)25-19(2,3)4)15(12-9-10-12)21-16(22)13-7-5-6-8-14(13)17(21)23/h5-8,11-12,15H,9-10H2,1-4H3,(H,20,24)/t11-,15-/m0/s1. The molecule has 1 aliphatic carbocycles. The van der Waals surface area contributed by atoms with Gasteiger partial charge < -0.3 is 10.1 Å². The van der Waals surface area contributed by atoms with Crippen molar-refractivity contribution in [1.29, 1.82) is 0 Å². The van der Waals surface area contributed by atoms with Gasteiger partial charge >= 0.3 is 6.09 Å². The van der Waals surface area contributed by atoms with E-state index in [-0.39, 0.29) is 29.8 Å².